The van der Waals surface area contributed by atoms with E-state index in [1.165, 1.54) is 31.4 Å². The summed E-state index contributed by atoms with van der Waals surface area (Å²) in [5, 5.41) is 9.52. The molecule has 0 amide bonds. The number of likely N-dealkylation sites (N-methyl/N-ethyl adjacent to an activating group) is 1. The molecule has 0 spiro atoms. The standard InChI is InChI=1S/C19H29ClN2O2/c1-19(2)13-22(17-7-5-4-6-16(17)21(19)3)14-8-9-18(15(20)12-14)24-11-10-23/h8-9,12,16-17,23H,4-7,10-11,13H2,1-3H3/t16-,17-/m0/s1. The Morgan fingerprint density at radius 1 is 1.25 bits per heavy atom. The van der Waals surface area contributed by atoms with Crippen LogP contribution in [0.5, 0.6) is 5.75 Å². The van der Waals surface area contributed by atoms with E-state index in [0.717, 1.165) is 6.54 Å². The summed E-state index contributed by atoms with van der Waals surface area (Å²) < 4.78 is 5.48. The van der Waals surface area contributed by atoms with Crippen LogP contribution in [0.15, 0.2) is 18.2 Å². The van der Waals surface area contributed by atoms with E-state index in [2.05, 4.69) is 36.8 Å². The lowest BCUT2D eigenvalue weighted by Crippen LogP contribution is -2.67. The lowest BCUT2D eigenvalue weighted by atomic mass is 9.81. The molecule has 0 bridgehead atoms. The summed E-state index contributed by atoms with van der Waals surface area (Å²) >= 11 is 6.42. The molecule has 134 valence electrons. The van der Waals surface area contributed by atoms with E-state index in [4.69, 9.17) is 21.4 Å². The van der Waals surface area contributed by atoms with Gasteiger partial charge in [0.15, 0.2) is 0 Å². The van der Waals surface area contributed by atoms with Gasteiger partial charge in [-0.25, -0.2) is 0 Å². The molecule has 4 nitrogen and oxygen atoms in total. The fourth-order valence-corrected chi connectivity index (χ4v) is 4.45. The van der Waals surface area contributed by atoms with E-state index in [1.54, 1.807) is 0 Å². The molecule has 1 heterocycles. The molecule has 0 radical (unpaired) electrons. The van der Waals surface area contributed by atoms with Crippen molar-refractivity contribution in [3.8, 4) is 5.75 Å². The number of hydrogen-bond donors (Lipinski definition) is 1. The van der Waals surface area contributed by atoms with Crippen molar-refractivity contribution in [1.29, 1.82) is 0 Å². The molecule has 2 aliphatic rings. The number of nitrogens with zero attached hydrogens (tertiary/aromatic N) is 2. The Labute approximate surface area is 150 Å². The Morgan fingerprint density at radius 2 is 1.96 bits per heavy atom. The number of rotatable bonds is 4. The molecule has 1 aliphatic heterocycles. The van der Waals surface area contributed by atoms with E-state index in [-0.39, 0.29) is 18.8 Å². The molecule has 1 saturated heterocycles. The minimum atomic E-state index is -0.00547. The number of aliphatic hydroxyl groups excluding tert-OH is 1. The number of halogens is 1. The molecule has 0 aromatic heterocycles. The molecule has 3 rings (SSSR count). The van der Waals surface area contributed by atoms with Crippen LogP contribution >= 0.6 is 11.6 Å². The van der Waals surface area contributed by atoms with E-state index in [1.807, 2.05) is 12.1 Å². The molecule has 1 aromatic rings. The van der Waals surface area contributed by atoms with E-state index in [0.29, 0.717) is 22.9 Å². The largest absolute Gasteiger partial charge is 0.490 e. The predicted octanol–water partition coefficient (Wildman–Crippen LogP) is 3.55. The van der Waals surface area contributed by atoms with E-state index < -0.39 is 0 Å². The quantitative estimate of drug-likeness (QED) is 0.898. The van der Waals surface area contributed by atoms with Crippen molar-refractivity contribution in [3.63, 3.8) is 0 Å². The molecule has 1 aliphatic carbocycles. The van der Waals surface area contributed by atoms with Gasteiger partial charge in [-0.2, -0.15) is 0 Å². The first kappa shape index (κ1) is 17.8. The van der Waals surface area contributed by atoms with Crippen LogP contribution in [0.25, 0.3) is 0 Å². The Morgan fingerprint density at radius 3 is 2.62 bits per heavy atom. The van der Waals surface area contributed by atoms with Gasteiger partial charge in [0.2, 0.25) is 0 Å². The third-order valence-corrected chi connectivity index (χ3v) is 6.00. The van der Waals surface area contributed by atoms with Crippen molar-refractivity contribution in [3.05, 3.63) is 23.2 Å². The van der Waals surface area contributed by atoms with E-state index in [9.17, 15) is 0 Å². The van der Waals surface area contributed by atoms with Gasteiger partial charge >= 0.3 is 0 Å². The lowest BCUT2D eigenvalue weighted by molar-refractivity contribution is 0.0337. The van der Waals surface area contributed by atoms with Gasteiger partial charge in [0.05, 0.1) is 11.6 Å². The number of fused-ring (bicyclic) bond motifs is 1. The maximum absolute atomic E-state index is 8.91. The minimum absolute atomic E-state index is 0.00547. The number of anilines is 1. The summed E-state index contributed by atoms with van der Waals surface area (Å²) in [6.45, 7) is 5.91. The second-order valence-electron chi connectivity index (χ2n) is 7.66. The van der Waals surface area contributed by atoms with Crippen molar-refractivity contribution in [2.75, 3.05) is 31.7 Å². The number of benzene rings is 1. The Balaban J connectivity index is 1.87. The highest BCUT2D eigenvalue weighted by molar-refractivity contribution is 6.32. The first-order valence-corrected chi connectivity index (χ1v) is 9.34. The normalized spacial score (nSPS) is 27.0. The summed E-state index contributed by atoms with van der Waals surface area (Å²) in [5.41, 5.74) is 1.31. The van der Waals surface area contributed by atoms with Crippen LogP contribution in [0.1, 0.15) is 39.5 Å². The molecule has 24 heavy (non-hydrogen) atoms. The number of piperazine rings is 1. The topological polar surface area (TPSA) is 35.9 Å². The highest BCUT2D eigenvalue weighted by Crippen LogP contribution is 2.40. The summed E-state index contributed by atoms with van der Waals surface area (Å²) in [6, 6.07) is 7.20. The molecule has 1 aromatic carbocycles. The first-order valence-electron chi connectivity index (χ1n) is 8.97. The Bertz CT molecular complexity index is 578. The average Bonchev–Trinajstić information content (AvgIpc) is 2.57. The number of aliphatic hydroxyl groups is 1. The van der Waals surface area contributed by atoms with Crippen molar-refractivity contribution in [2.45, 2.75) is 57.2 Å². The Kier molecular flexibility index (Phi) is 5.28. The summed E-state index contributed by atoms with van der Waals surface area (Å²) in [7, 11) is 2.28. The number of hydrogen-bond acceptors (Lipinski definition) is 4. The molecule has 0 unspecified atom stereocenters. The van der Waals surface area contributed by atoms with Crippen LogP contribution in [0, 0.1) is 0 Å². The van der Waals surface area contributed by atoms with Crippen molar-refractivity contribution in [2.24, 2.45) is 0 Å². The van der Waals surface area contributed by atoms with Crippen LogP contribution in [-0.4, -0.2) is 54.4 Å². The fourth-order valence-electron chi connectivity index (χ4n) is 4.23. The van der Waals surface area contributed by atoms with Gasteiger partial charge in [-0.3, -0.25) is 4.90 Å². The smallest absolute Gasteiger partial charge is 0.138 e. The summed E-state index contributed by atoms with van der Waals surface area (Å²) in [5.74, 6) is 0.642. The molecule has 1 saturated carbocycles. The van der Waals surface area contributed by atoms with Crippen LogP contribution < -0.4 is 9.64 Å². The van der Waals surface area contributed by atoms with E-state index >= 15 is 0 Å². The van der Waals surface area contributed by atoms with Gasteiger partial charge in [0, 0.05) is 29.9 Å². The van der Waals surface area contributed by atoms with Crippen molar-refractivity contribution in [1.82, 2.24) is 4.90 Å². The van der Waals surface area contributed by atoms with Crippen LogP contribution in [0.2, 0.25) is 5.02 Å². The van der Waals surface area contributed by atoms with Crippen molar-refractivity contribution < 1.29 is 9.84 Å². The van der Waals surface area contributed by atoms with Crippen molar-refractivity contribution >= 4 is 17.3 Å². The van der Waals surface area contributed by atoms with Crippen LogP contribution in [0.3, 0.4) is 0 Å². The molecule has 2 atom stereocenters. The lowest BCUT2D eigenvalue weighted by Gasteiger charge is -2.57. The molecule has 1 N–H and O–H groups in total. The molecular weight excluding hydrogens is 324 g/mol. The zero-order valence-electron chi connectivity index (χ0n) is 15.0. The average molecular weight is 353 g/mol. The molecular formula is C19H29ClN2O2. The van der Waals surface area contributed by atoms with Gasteiger partial charge < -0.3 is 14.7 Å². The van der Waals surface area contributed by atoms with Gasteiger partial charge in [-0.1, -0.05) is 24.4 Å². The molecule has 2 fully saturated rings. The Hall–Kier alpha value is -0.970. The monoisotopic (exact) mass is 352 g/mol. The van der Waals surface area contributed by atoms with Gasteiger partial charge in [0.25, 0.3) is 0 Å². The zero-order chi connectivity index (χ0) is 17.3. The van der Waals surface area contributed by atoms with Crippen LogP contribution in [-0.2, 0) is 0 Å². The SMILES string of the molecule is CN1[C@H]2CCCC[C@@H]2N(c2ccc(OCCO)c(Cl)c2)CC1(C)C. The third-order valence-electron chi connectivity index (χ3n) is 5.70. The first-order chi connectivity index (χ1) is 11.4. The van der Waals surface area contributed by atoms with Gasteiger partial charge in [0.1, 0.15) is 12.4 Å². The maximum atomic E-state index is 8.91. The summed E-state index contributed by atoms with van der Waals surface area (Å²) in [4.78, 5) is 5.12. The highest BCUT2D eigenvalue weighted by atomic mass is 35.5. The molecule has 5 heteroatoms. The number of ether oxygens (including phenoxy) is 1. The van der Waals surface area contributed by atoms with Gasteiger partial charge in [-0.15, -0.1) is 0 Å². The maximum Gasteiger partial charge on any atom is 0.138 e. The van der Waals surface area contributed by atoms with Crippen LogP contribution in [0.4, 0.5) is 5.69 Å². The zero-order valence-corrected chi connectivity index (χ0v) is 15.7. The second kappa shape index (κ2) is 7.11. The second-order valence-corrected chi connectivity index (χ2v) is 8.06. The highest BCUT2D eigenvalue weighted by Gasteiger charge is 2.44. The minimum Gasteiger partial charge on any atom is -0.490 e. The third kappa shape index (κ3) is 3.37. The fraction of sp³-hybridized carbons (Fsp3) is 0.684. The predicted molar refractivity (Wildman–Crippen MR) is 99.3 cm³/mol. The summed E-state index contributed by atoms with van der Waals surface area (Å²) in [6.07, 6.45) is 5.14. The van der Waals surface area contributed by atoms with Gasteiger partial charge in [-0.05, 0) is 51.9 Å².